The van der Waals surface area contributed by atoms with Crippen molar-refractivity contribution >= 4 is 25.1 Å². The maximum Gasteiger partial charge on any atom is 0.0780 e. The Kier molecular flexibility index (Phi) is 3.24. The third-order valence-electron chi connectivity index (χ3n) is 4.78. The van der Waals surface area contributed by atoms with Crippen LogP contribution in [-0.4, -0.2) is 13.1 Å². The molecule has 0 aliphatic heterocycles. The minimum Gasteiger partial charge on any atom is -0.256 e. The van der Waals surface area contributed by atoms with E-state index in [0.717, 1.165) is 11.9 Å². The summed E-state index contributed by atoms with van der Waals surface area (Å²) in [6, 6.07) is 17.3. The number of pyridine rings is 1. The zero-order valence-electron chi connectivity index (χ0n) is 13.9. The monoisotopic (exact) mass is 315 g/mol. The number of para-hydroxylation sites is 1. The summed E-state index contributed by atoms with van der Waals surface area (Å²) < 4.78 is 0. The van der Waals surface area contributed by atoms with Crippen LogP contribution in [0.3, 0.4) is 0 Å². The van der Waals surface area contributed by atoms with Crippen LogP contribution < -0.4 is 0 Å². The Morgan fingerprint density at radius 2 is 1.61 bits per heavy atom. The second kappa shape index (κ2) is 5.17. The molecule has 1 nitrogen and oxygen atoms in total. The molecule has 0 bridgehead atoms. The smallest absolute Gasteiger partial charge is 0.0780 e. The molecule has 0 amide bonds. The fraction of sp³-hybridized carbons (Fsp3) is 0.190. The van der Waals surface area contributed by atoms with Crippen molar-refractivity contribution in [3.05, 3.63) is 71.1 Å². The lowest BCUT2D eigenvalue weighted by Gasteiger charge is -2.17. The van der Waals surface area contributed by atoms with Gasteiger partial charge < -0.3 is 0 Å². The number of hydrogen-bond acceptors (Lipinski definition) is 1. The fourth-order valence-corrected chi connectivity index (χ4v) is 4.70. The van der Waals surface area contributed by atoms with Gasteiger partial charge in [-0.25, -0.2) is 0 Å². The number of nitrogens with zero attached hydrogens (tertiary/aromatic N) is 1. The number of hydrogen-bond donors (Lipinski definition) is 0. The highest BCUT2D eigenvalue weighted by Crippen LogP contribution is 2.38. The molecule has 0 fully saturated rings. The average molecular weight is 315 g/mol. The second-order valence-corrected chi connectivity index (χ2v) is 12.5. The molecule has 23 heavy (non-hydrogen) atoms. The van der Waals surface area contributed by atoms with Crippen molar-refractivity contribution in [1.82, 2.24) is 4.98 Å². The van der Waals surface area contributed by atoms with E-state index in [-0.39, 0.29) is 0 Å². The number of fused-ring (bicyclic) bond motifs is 2. The minimum absolute atomic E-state index is 1.10. The molecule has 0 radical (unpaired) electrons. The van der Waals surface area contributed by atoms with Gasteiger partial charge in [0.25, 0.3) is 0 Å². The summed E-state index contributed by atoms with van der Waals surface area (Å²) in [7, 11) is -1.25. The Bertz CT molecular complexity index is 927. The predicted octanol–water partition coefficient (Wildman–Crippen LogP) is 5.72. The molecular weight excluding hydrogens is 294 g/mol. The topological polar surface area (TPSA) is 12.9 Å². The molecule has 0 N–H and O–H groups in total. The lowest BCUT2D eigenvalue weighted by atomic mass is 9.95. The molecule has 0 unspecified atom stereocenters. The SMILES string of the molecule is C[Si](C)(C)C1=Cc2c(cccc2-c2cccc3cccnc23)C1. The van der Waals surface area contributed by atoms with Crippen molar-refractivity contribution in [1.29, 1.82) is 0 Å². The van der Waals surface area contributed by atoms with Crippen molar-refractivity contribution in [3.63, 3.8) is 0 Å². The molecule has 3 aromatic rings. The van der Waals surface area contributed by atoms with Crippen molar-refractivity contribution in [3.8, 4) is 11.1 Å². The van der Waals surface area contributed by atoms with E-state index in [1.54, 1.807) is 5.20 Å². The fourth-order valence-electron chi connectivity index (χ4n) is 3.41. The molecule has 114 valence electrons. The molecule has 1 aliphatic rings. The molecule has 1 aliphatic carbocycles. The maximum absolute atomic E-state index is 4.64. The largest absolute Gasteiger partial charge is 0.256 e. The van der Waals surface area contributed by atoms with Crippen LogP contribution >= 0.6 is 0 Å². The zero-order valence-corrected chi connectivity index (χ0v) is 14.9. The van der Waals surface area contributed by atoms with Crippen molar-refractivity contribution in [2.45, 2.75) is 26.1 Å². The Morgan fingerprint density at radius 3 is 2.43 bits per heavy atom. The van der Waals surface area contributed by atoms with Crippen molar-refractivity contribution in [2.75, 3.05) is 0 Å². The third-order valence-corrected chi connectivity index (χ3v) is 7.03. The van der Waals surface area contributed by atoms with E-state index in [0.29, 0.717) is 0 Å². The van der Waals surface area contributed by atoms with Gasteiger partial charge in [0, 0.05) is 17.1 Å². The Balaban J connectivity index is 1.95. The first-order valence-corrected chi connectivity index (χ1v) is 11.7. The Hall–Kier alpha value is -2.19. The van der Waals surface area contributed by atoms with Crippen LogP contribution in [0.2, 0.25) is 19.6 Å². The number of aromatic nitrogens is 1. The van der Waals surface area contributed by atoms with Gasteiger partial charge in [-0.15, -0.1) is 0 Å². The second-order valence-electron chi connectivity index (χ2n) is 7.36. The molecule has 0 atom stereocenters. The molecular formula is C21H21NSi. The zero-order chi connectivity index (χ0) is 16.0. The van der Waals surface area contributed by atoms with Crippen molar-refractivity contribution in [2.24, 2.45) is 0 Å². The third kappa shape index (κ3) is 2.43. The molecule has 1 aromatic heterocycles. The van der Waals surface area contributed by atoms with E-state index in [1.807, 2.05) is 12.3 Å². The molecule has 0 spiro atoms. The highest BCUT2D eigenvalue weighted by atomic mass is 28.3. The van der Waals surface area contributed by atoms with Crippen LogP contribution in [0.1, 0.15) is 11.1 Å². The van der Waals surface area contributed by atoms with Gasteiger partial charge in [-0.05, 0) is 29.2 Å². The van der Waals surface area contributed by atoms with Crippen molar-refractivity contribution < 1.29 is 0 Å². The number of rotatable bonds is 2. The summed E-state index contributed by atoms with van der Waals surface area (Å²) in [5, 5.41) is 2.85. The van der Waals surface area contributed by atoms with Gasteiger partial charge >= 0.3 is 0 Å². The molecule has 2 aromatic carbocycles. The summed E-state index contributed by atoms with van der Waals surface area (Å²) in [6.45, 7) is 7.30. The lowest BCUT2D eigenvalue weighted by Crippen LogP contribution is -2.23. The first kappa shape index (κ1) is 14.4. The molecule has 0 saturated carbocycles. The first-order chi connectivity index (χ1) is 11.0. The summed E-state index contributed by atoms with van der Waals surface area (Å²) in [5.74, 6) is 0. The van der Waals surface area contributed by atoms with Gasteiger partial charge in [0.05, 0.1) is 13.6 Å². The highest BCUT2D eigenvalue weighted by molar-refractivity contribution is 6.83. The highest BCUT2D eigenvalue weighted by Gasteiger charge is 2.26. The van der Waals surface area contributed by atoms with E-state index in [1.165, 1.54) is 27.6 Å². The van der Waals surface area contributed by atoms with Gasteiger partial charge in [0.2, 0.25) is 0 Å². The molecule has 1 heterocycles. The normalized spacial score (nSPS) is 14.0. The van der Waals surface area contributed by atoms with Crippen LogP contribution in [0.25, 0.3) is 28.1 Å². The molecule has 2 heteroatoms. The van der Waals surface area contributed by atoms with E-state index in [4.69, 9.17) is 0 Å². The lowest BCUT2D eigenvalue weighted by molar-refractivity contribution is 1.26. The molecule has 4 rings (SSSR count). The van der Waals surface area contributed by atoms with E-state index >= 15 is 0 Å². The van der Waals surface area contributed by atoms with Gasteiger partial charge in [-0.1, -0.05) is 73.4 Å². The minimum atomic E-state index is -1.25. The van der Waals surface area contributed by atoms with Crippen LogP contribution in [0.4, 0.5) is 0 Å². The van der Waals surface area contributed by atoms with Gasteiger partial charge in [0.1, 0.15) is 0 Å². The van der Waals surface area contributed by atoms with E-state index in [2.05, 4.69) is 73.2 Å². The van der Waals surface area contributed by atoms with Crippen LogP contribution in [0, 0.1) is 0 Å². The average Bonchev–Trinajstić information content (AvgIpc) is 2.99. The predicted molar refractivity (Wildman–Crippen MR) is 102 cm³/mol. The molecule has 0 saturated heterocycles. The van der Waals surface area contributed by atoms with E-state index in [9.17, 15) is 0 Å². The number of benzene rings is 2. The summed E-state index contributed by atoms with van der Waals surface area (Å²) in [5.41, 5.74) is 6.53. The van der Waals surface area contributed by atoms with Crippen LogP contribution in [0.5, 0.6) is 0 Å². The van der Waals surface area contributed by atoms with Gasteiger partial charge in [-0.3, -0.25) is 4.98 Å². The van der Waals surface area contributed by atoms with Gasteiger partial charge in [-0.2, -0.15) is 0 Å². The van der Waals surface area contributed by atoms with Crippen LogP contribution in [-0.2, 0) is 6.42 Å². The first-order valence-electron chi connectivity index (χ1n) is 8.21. The van der Waals surface area contributed by atoms with Gasteiger partial charge in [0.15, 0.2) is 0 Å². The maximum atomic E-state index is 4.64. The Morgan fingerprint density at radius 1 is 0.870 bits per heavy atom. The summed E-state index contributed by atoms with van der Waals surface area (Å²) in [6.07, 6.45) is 5.47. The summed E-state index contributed by atoms with van der Waals surface area (Å²) >= 11 is 0. The summed E-state index contributed by atoms with van der Waals surface area (Å²) in [4.78, 5) is 4.64. The number of allylic oxidation sites excluding steroid dienone is 1. The van der Waals surface area contributed by atoms with Crippen LogP contribution in [0.15, 0.2) is 59.9 Å². The quantitative estimate of drug-likeness (QED) is 0.551. The van der Waals surface area contributed by atoms with E-state index < -0.39 is 8.07 Å². The standard InChI is InChI=1S/C21H21NSi/c1-23(2,3)17-13-16-8-5-10-18(20(16)14-17)19-11-4-7-15-9-6-12-22-21(15)19/h4-12,14H,13H2,1-3H3. The Labute approximate surface area is 138 Å².